The maximum absolute atomic E-state index is 11.5. The van der Waals surface area contributed by atoms with Crippen molar-refractivity contribution in [3.05, 3.63) is 17.3 Å². The van der Waals surface area contributed by atoms with E-state index in [4.69, 9.17) is 11.5 Å². The number of rotatable bonds is 1. The van der Waals surface area contributed by atoms with Crippen LogP contribution >= 0.6 is 0 Å². The number of methoxy groups -OCH3 is 1. The van der Waals surface area contributed by atoms with Crippen molar-refractivity contribution in [3.8, 4) is 0 Å². The Bertz CT molecular complexity index is 422. The Morgan fingerprint density at radius 3 is 2.38 bits per heavy atom. The average Bonchev–Trinajstić information content (AvgIpc) is 2.19. The third-order valence-corrected chi connectivity index (χ3v) is 2.26. The summed E-state index contributed by atoms with van der Waals surface area (Å²) in [6.07, 6.45) is 0. The van der Waals surface area contributed by atoms with Gasteiger partial charge in [0.05, 0.1) is 18.4 Å². The van der Waals surface area contributed by atoms with Gasteiger partial charge in [-0.25, -0.2) is 9.78 Å². The van der Waals surface area contributed by atoms with Crippen molar-refractivity contribution in [1.29, 1.82) is 0 Å². The Morgan fingerprint density at radius 1 is 1.38 bits per heavy atom. The summed E-state index contributed by atoms with van der Waals surface area (Å²) in [6.45, 7) is 5.93. The number of esters is 1. The van der Waals surface area contributed by atoms with E-state index in [9.17, 15) is 4.79 Å². The second-order valence-corrected chi connectivity index (χ2v) is 4.60. The van der Waals surface area contributed by atoms with Crippen LogP contribution in [-0.2, 0) is 10.2 Å². The Morgan fingerprint density at radius 2 is 1.94 bits per heavy atom. The van der Waals surface area contributed by atoms with Gasteiger partial charge in [-0.1, -0.05) is 20.8 Å². The summed E-state index contributed by atoms with van der Waals surface area (Å²) in [7, 11) is 1.30. The SMILES string of the molecule is COC(=O)c1cc(C(C)(C)C)nc(N)c1N. The Balaban J connectivity index is 3.39. The van der Waals surface area contributed by atoms with Crippen LogP contribution < -0.4 is 11.5 Å². The second-order valence-electron chi connectivity index (χ2n) is 4.60. The Labute approximate surface area is 94.8 Å². The van der Waals surface area contributed by atoms with E-state index in [2.05, 4.69) is 9.72 Å². The highest BCUT2D eigenvalue weighted by Gasteiger charge is 2.21. The molecule has 0 radical (unpaired) electrons. The number of ether oxygens (including phenoxy) is 1. The molecule has 5 heteroatoms. The van der Waals surface area contributed by atoms with Crippen LogP contribution in [0.2, 0.25) is 0 Å². The first kappa shape index (κ1) is 12.3. The quantitative estimate of drug-likeness (QED) is 0.701. The van der Waals surface area contributed by atoms with Gasteiger partial charge in [0.2, 0.25) is 0 Å². The van der Waals surface area contributed by atoms with Crippen LogP contribution in [0.1, 0.15) is 36.8 Å². The maximum atomic E-state index is 11.5. The molecule has 0 amide bonds. The molecule has 1 aromatic heterocycles. The summed E-state index contributed by atoms with van der Waals surface area (Å²) in [4.78, 5) is 15.6. The van der Waals surface area contributed by atoms with Crippen LogP contribution in [0.5, 0.6) is 0 Å². The monoisotopic (exact) mass is 223 g/mol. The summed E-state index contributed by atoms with van der Waals surface area (Å²) in [5, 5.41) is 0. The molecule has 0 spiro atoms. The van der Waals surface area contributed by atoms with Gasteiger partial charge in [-0.05, 0) is 6.07 Å². The number of carbonyl (C=O) groups excluding carboxylic acids is 1. The number of pyridine rings is 1. The number of hydrogen-bond donors (Lipinski definition) is 2. The van der Waals surface area contributed by atoms with Crippen molar-refractivity contribution in [2.45, 2.75) is 26.2 Å². The average molecular weight is 223 g/mol. The Kier molecular flexibility index (Phi) is 3.07. The number of anilines is 2. The van der Waals surface area contributed by atoms with Crippen LogP contribution in [0.15, 0.2) is 6.07 Å². The normalized spacial score (nSPS) is 11.2. The van der Waals surface area contributed by atoms with Crippen LogP contribution in [0.25, 0.3) is 0 Å². The topological polar surface area (TPSA) is 91.2 Å². The smallest absolute Gasteiger partial charge is 0.340 e. The molecule has 0 aliphatic carbocycles. The molecule has 0 aliphatic rings. The van der Waals surface area contributed by atoms with Gasteiger partial charge in [-0.3, -0.25) is 0 Å². The molecule has 0 aromatic carbocycles. The first-order valence-electron chi connectivity index (χ1n) is 4.92. The molecule has 0 bridgehead atoms. The third-order valence-electron chi connectivity index (χ3n) is 2.26. The van der Waals surface area contributed by atoms with Crippen LogP contribution in [0, 0.1) is 0 Å². The van der Waals surface area contributed by atoms with E-state index in [0.29, 0.717) is 5.69 Å². The molecule has 0 atom stereocenters. The molecule has 1 heterocycles. The van der Waals surface area contributed by atoms with Crippen molar-refractivity contribution < 1.29 is 9.53 Å². The molecule has 0 fully saturated rings. The molecular weight excluding hydrogens is 206 g/mol. The zero-order chi connectivity index (χ0) is 12.5. The van der Waals surface area contributed by atoms with Crippen molar-refractivity contribution in [2.75, 3.05) is 18.6 Å². The Hall–Kier alpha value is -1.78. The highest BCUT2D eigenvalue weighted by atomic mass is 16.5. The highest BCUT2D eigenvalue weighted by molar-refractivity contribution is 5.97. The maximum Gasteiger partial charge on any atom is 0.340 e. The fourth-order valence-corrected chi connectivity index (χ4v) is 1.24. The van der Waals surface area contributed by atoms with Gasteiger partial charge in [0, 0.05) is 11.1 Å². The van der Waals surface area contributed by atoms with E-state index < -0.39 is 5.97 Å². The van der Waals surface area contributed by atoms with Crippen molar-refractivity contribution in [1.82, 2.24) is 4.98 Å². The van der Waals surface area contributed by atoms with Crippen molar-refractivity contribution >= 4 is 17.5 Å². The van der Waals surface area contributed by atoms with Gasteiger partial charge in [-0.15, -0.1) is 0 Å². The molecule has 0 saturated carbocycles. The lowest BCUT2D eigenvalue weighted by atomic mass is 9.90. The van der Waals surface area contributed by atoms with Crippen LogP contribution in [0.4, 0.5) is 11.5 Å². The van der Waals surface area contributed by atoms with E-state index in [1.54, 1.807) is 6.07 Å². The number of hydrogen-bond acceptors (Lipinski definition) is 5. The van der Waals surface area contributed by atoms with E-state index in [-0.39, 0.29) is 22.5 Å². The molecule has 1 aromatic rings. The lowest BCUT2D eigenvalue weighted by Gasteiger charge is -2.19. The van der Waals surface area contributed by atoms with E-state index >= 15 is 0 Å². The predicted octanol–water partition coefficient (Wildman–Crippen LogP) is 1.33. The molecule has 16 heavy (non-hydrogen) atoms. The molecular formula is C11H17N3O2. The fourth-order valence-electron chi connectivity index (χ4n) is 1.24. The van der Waals surface area contributed by atoms with Gasteiger partial charge in [0.1, 0.15) is 5.82 Å². The summed E-state index contributed by atoms with van der Waals surface area (Å²) < 4.78 is 4.64. The predicted molar refractivity (Wildman–Crippen MR) is 63.1 cm³/mol. The van der Waals surface area contributed by atoms with Gasteiger partial charge in [0.15, 0.2) is 0 Å². The van der Waals surface area contributed by atoms with E-state index in [1.165, 1.54) is 7.11 Å². The first-order chi connectivity index (χ1) is 7.27. The lowest BCUT2D eigenvalue weighted by Crippen LogP contribution is -2.18. The fraction of sp³-hybridized carbons (Fsp3) is 0.455. The van der Waals surface area contributed by atoms with E-state index in [1.807, 2.05) is 20.8 Å². The van der Waals surface area contributed by atoms with Gasteiger partial charge in [-0.2, -0.15) is 0 Å². The summed E-state index contributed by atoms with van der Waals surface area (Å²) in [6, 6.07) is 1.62. The molecule has 4 N–H and O–H groups in total. The molecule has 0 saturated heterocycles. The number of carbonyl (C=O) groups is 1. The molecule has 1 rings (SSSR count). The number of nitrogens with zero attached hydrogens (tertiary/aromatic N) is 1. The summed E-state index contributed by atoms with van der Waals surface area (Å²) >= 11 is 0. The molecule has 5 nitrogen and oxygen atoms in total. The highest BCUT2D eigenvalue weighted by Crippen LogP contribution is 2.27. The molecule has 0 unspecified atom stereocenters. The largest absolute Gasteiger partial charge is 0.465 e. The van der Waals surface area contributed by atoms with Gasteiger partial charge in [0.25, 0.3) is 0 Å². The zero-order valence-corrected chi connectivity index (χ0v) is 10.00. The standard InChI is InChI=1S/C11H17N3O2/c1-11(2,3)7-5-6(10(15)16-4)8(12)9(13)14-7/h5H,12H2,1-4H3,(H2,13,14). The van der Waals surface area contributed by atoms with E-state index in [0.717, 1.165) is 0 Å². The van der Waals surface area contributed by atoms with Crippen LogP contribution in [-0.4, -0.2) is 18.1 Å². The third kappa shape index (κ3) is 2.24. The van der Waals surface area contributed by atoms with Crippen LogP contribution in [0.3, 0.4) is 0 Å². The number of nitrogen functional groups attached to an aromatic ring is 2. The molecule has 0 aliphatic heterocycles. The van der Waals surface area contributed by atoms with Gasteiger partial charge >= 0.3 is 5.97 Å². The minimum atomic E-state index is -0.503. The number of aromatic nitrogens is 1. The summed E-state index contributed by atoms with van der Waals surface area (Å²) in [5.41, 5.74) is 12.3. The van der Waals surface area contributed by atoms with Crippen molar-refractivity contribution in [3.63, 3.8) is 0 Å². The zero-order valence-electron chi connectivity index (χ0n) is 10.00. The minimum absolute atomic E-state index is 0.160. The van der Waals surface area contributed by atoms with Crippen molar-refractivity contribution in [2.24, 2.45) is 0 Å². The second kappa shape index (κ2) is 4.00. The summed E-state index contributed by atoms with van der Waals surface area (Å²) in [5.74, 6) is -0.343. The molecule has 88 valence electrons. The first-order valence-corrected chi connectivity index (χ1v) is 4.92. The number of nitrogens with two attached hydrogens (primary N) is 2. The lowest BCUT2D eigenvalue weighted by molar-refractivity contribution is 0.0601. The minimum Gasteiger partial charge on any atom is -0.465 e. The van der Waals surface area contributed by atoms with Gasteiger partial charge < -0.3 is 16.2 Å².